The van der Waals surface area contributed by atoms with E-state index in [2.05, 4.69) is 66.8 Å². The summed E-state index contributed by atoms with van der Waals surface area (Å²) in [7, 11) is -4.72. The third-order valence-corrected chi connectivity index (χ3v) is 11.1. The predicted molar refractivity (Wildman–Crippen MR) is 238 cm³/mol. The second-order valence-corrected chi connectivity index (χ2v) is 15.9. The normalized spacial score (nSPS) is 14.5. The molecule has 320 valence electrons. The van der Waals surface area contributed by atoms with E-state index < -0.39 is 10.1 Å². The van der Waals surface area contributed by atoms with Crippen LogP contribution in [0.2, 0.25) is 0 Å². The van der Waals surface area contributed by atoms with Gasteiger partial charge in [0.05, 0.1) is 12.0 Å². The van der Waals surface area contributed by atoms with Gasteiger partial charge in [0.25, 0.3) is 10.1 Å². The molecule has 2 aliphatic heterocycles. The van der Waals surface area contributed by atoms with Gasteiger partial charge in [0.1, 0.15) is 4.90 Å². The fourth-order valence-electron chi connectivity index (χ4n) is 6.55. The minimum atomic E-state index is -4.72. The van der Waals surface area contributed by atoms with Crippen LogP contribution >= 0.6 is 12.0 Å². The highest BCUT2D eigenvalue weighted by Gasteiger charge is 2.20. The van der Waals surface area contributed by atoms with Gasteiger partial charge < -0.3 is 41.7 Å². The first kappa shape index (κ1) is 42.2. The number of para-hydroxylation sites is 2. The van der Waals surface area contributed by atoms with Gasteiger partial charge in [0.15, 0.2) is 0 Å². The summed E-state index contributed by atoms with van der Waals surface area (Å²) in [5.41, 5.74) is 3.18. The van der Waals surface area contributed by atoms with E-state index in [1.165, 1.54) is 18.2 Å². The Labute approximate surface area is 361 Å². The molecule has 4 heterocycles. The van der Waals surface area contributed by atoms with Crippen molar-refractivity contribution in [1.82, 2.24) is 40.5 Å². The molecule has 8 N–H and O–H groups in total. The Kier molecular flexibility index (Phi) is 13.6. The number of rotatable bonds is 16. The maximum Gasteiger partial charge on any atom is 0.295 e. The molecule has 2 fully saturated rings. The lowest BCUT2D eigenvalue weighted by atomic mass is 10.1. The summed E-state index contributed by atoms with van der Waals surface area (Å²) in [6, 6.07) is 28.7. The summed E-state index contributed by atoms with van der Waals surface area (Å²) in [6.07, 6.45) is 3.16. The first-order valence-corrected chi connectivity index (χ1v) is 21.6. The number of hydrogen-bond donors (Lipinski definition) is 8. The smallest absolute Gasteiger partial charge is 0.295 e. The van der Waals surface area contributed by atoms with Crippen LogP contribution in [-0.2, 0) is 19.5 Å². The fraction of sp³-hybridized carbons (Fsp3) is 0.200. The zero-order valence-corrected chi connectivity index (χ0v) is 34.6. The highest BCUT2D eigenvalue weighted by molar-refractivity contribution is 7.94. The van der Waals surface area contributed by atoms with Crippen LogP contribution in [0.1, 0.15) is 11.1 Å². The minimum absolute atomic E-state index is 0.166. The monoisotopic (exact) mass is 878 g/mol. The van der Waals surface area contributed by atoms with E-state index in [1.54, 1.807) is 30.3 Å². The molecule has 2 aliphatic rings. The Morgan fingerprint density at radius 2 is 1.02 bits per heavy atom. The number of aromatic nitrogens is 6. The lowest BCUT2D eigenvalue weighted by Gasteiger charge is -2.27. The summed E-state index contributed by atoms with van der Waals surface area (Å²) in [6.45, 7) is 5.92. The topological polar surface area (TPSA) is 249 Å². The van der Waals surface area contributed by atoms with Crippen LogP contribution in [0.25, 0.3) is 12.2 Å². The summed E-state index contributed by atoms with van der Waals surface area (Å²) in [5.74, 6) is 2.03. The van der Waals surface area contributed by atoms with E-state index in [9.17, 15) is 13.0 Å². The molecule has 0 amide bonds. The average molecular weight is 879 g/mol. The third-order valence-electron chi connectivity index (χ3n) is 9.52. The number of hydrogen-bond acceptors (Lipinski definition) is 20. The second kappa shape index (κ2) is 19.9. The van der Waals surface area contributed by atoms with Crippen LogP contribution in [0.15, 0.2) is 107 Å². The molecular weight excluding hydrogens is 837 g/mol. The van der Waals surface area contributed by atoms with Gasteiger partial charge in [-0.1, -0.05) is 65.7 Å². The molecule has 62 heavy (non-hydrogen) atoms. The van der Waals surface area contributed by atoms with Crippen molar-refractivity contribution in [2.75, 3.05) is 83.4 Å². The van der Waals surface area contributed by atoms with E-state index in [0.29, 0.717) is 70.8 Å². The molecule has 0 spiro atoms. The Morgan fingerprint density at radius 1 is 0.581 bits per heavy atom. The molecular formula is C40H42N14O6S2. The summed E-state index contributed by atoms with van der Waals surface area (Å²) in [5, 5.41) is 32.3. The van der Waals surface area contributed by atoms with Crippen molar-refractivity contribution < 1.29 is 27.6 Å². The zero-order valence-electron chi connectivity index (χ0n) is 33.0. The summed E-state index contributed by atoms with van der Waals surface area (Å²) < 4.78 is 40.8. The molecule has 0 aliphatic carbocycles. The van der Waals surface area contributed by atoms with Gasteiger partial charge in [0.2, 0.25) is 35.7 Å². The van der Waals surface area contributed by atoms with Gasteiger partial charge in [-0.2, -0.15) is 38.3 Å². The first-order chi connectivity index (χ1) is 30.3. The van der Waals surface area contributed by atoms with Crippen LogP contribution in [0, 0.1) is 0 Å². The third kappa shape index (κ3) is 11.2. The standard InChI is InChI=1S/C40H42N14O6S2/c55-59-60-61-33-25-31(45-37-47-35(43-29-7-3-1-4-8-29)49-39(51-37)53-21-17-41-18-22-53)15-13-27(33)11-12-28-14-16-32(26-34(28)62(56,57)58)46-38-48-36(44-30-9-5-2-6-10-30)50-40(52-38)54-23-19-42-20-24-54/h1-16,25-26,41-42,55H,17-24H2,(H,56,57,58)(H2,43,45,47,49,51)(H2,44,46,48,50,52)/b12-11+. The van der Waals surface area contributed by atoms with Crippen LogP contribution in [0.3, 0.4) is 0 Å². The fourth-order valence-corrected chi connectivity index (χ4v) is 7.77. The summed E-state index contributed by atoms with van der Waals surface area (Å²) >= 11 is 0.711. The number of nitrogens with one attached hydrogen (secondary N) is 6. The molecule has 2 saturated heterocycles. The van der Waals surface area contributed by atoms with Crippen molar-refractivity contribution in [3.8, 4) is 0 Å². The number of piperazine rings is 2. The molecule has 0 saturated carbocycles. The van der Waals surface area contributed by atoms with E-state index in [4.69, 9.17) is 14.6 Å². The Bertz CT molecular complexity index is 2600. The van der Waals surface area contributed by atoms with Crippen LogP contribution in [0.5, 0.6) is 0 Å². The molecule has 20 nitrogen and oxygen atoms in total. The van der Waals surface area contributed by atoms with Gasteiger partial charge in [-0.25, -0.2) is 5.26 Å². The lowest BCUT2D eigenvalue weighted by molar-refractivity contribution is -0.432. The molecule has 0 unspecified atom stereocenters. The summed E-state index contributed by atoms with van der Waals surface area (Å²) in [4.78, 5) is 32.0. The quantitative estimate of drug-likeness (QED) is 0.0191. The Hall–Kier alpha value is -6.50. The van der Waals surface area contributed by atoms with E-state index >= 15 is 0 Å². The molecule has 8 rings (SSSR count). The van der Waals surface area contributed by atoms with Gasteiger partial charge in [-0.05, 0) is 59.7 Å². The van der Waals surface area contributed by atoms with Crippen molar-refractivity contribution in [2.24, 2.45) is 0 Å². The highest BCUT2D eigenvalue weighted by atomic mass is 32.2. The largest absolute Gasteiger partial charge is 0.338 e. The van der Waals surface area contributed by atoms with E-state index in [1.807, 2.05) is 65.6 Å². The van der Waals surface area contributed by atoms with Crippen molar-refractivity contribution in [3.63, 3.8) is 0 Å². The Balaban J connectivity index is 1.05. The number of nitrogens with zero attached hydrogens (tertiary/aromatic N) is 8. The lowest BCUT2D eigenvalue weighted by Crippen LogP contribution is -2.44. The van der Waals surface area contributed by atoms with Gasteiger partial charge in [0, 0.05) is 80.0 Å². The van der Waals surface area contributed by atoms with Crippen molar-refractivity contribution in [2.45, 2.75) is 9.79 Å². The molecule has 22 heteroatoms. The number of anilines is 10. The van der Waals surface area contributed by atoms with Crippen molar-refractivity contribution in [1.29, 1.82) is 0 Å². The zero-order chi connectivity index (χ0) is 42.7. The molecule has 0 atom stereocenters. The molecule has 2 aromatic heterocycles. The highest BCUT2D eigenvalue weighted by Crippen LogP contribution is 2.32. The van der Waals surface area contributed by atoms with Crippen LogP contribution in [0.4, 0.5) is 58.4 Å². The Morgan fingerprint density at radius 3 is 1.48 bits per heavy atom. The van der Waals surface area contributed by atoms with Gasteiger partial charge in [-0.3, -0.25) is 4.55 Å². The maximum atomic E-state index is 12.8. The van der Waals surface area contributed by atoms with Gasteiger partial charge in [-0.15, -0.1) is 4.33 Å². The van der Waals surface area contributed by atoms with E-state index in [-0.39, 0.29) is 22.4 Å². The molecule has 6 aromatic rings. The molecule has 4 aromatic carbocycles. The predicted octanol–water partition coefficient (Wildman–Crippen LogP) is 5.70. The number of benzene rings is 4. The SMILES string of the molecule is O=S(=O)(O)c1cc(Nc2nc(Nc3ccccc3)nc(N3CCNCC3)n2)ccc1/C=C/c1ccc(Nc2nc(Nc3ccccc3)nc(N3CCNCC3)n2)cc1SOOO. The first-order valence-electron chi connectivity index (χ1n) is 19.5. The maximum absolute atomic E-state index is 12.8. The van der Waals surface area contributed by atoms with Crippen molar-refractivity contribution in [3.05, 3.63) is 108 Å². The van der Waals surface area contributed by atoms with E-state index in [0.717, 1.165) is 50.6 Å². The van der Waals surface area contributed by atoms with Crippen molar-refractivity contribution >= 4 is 92.8 Å². The second-order valence-electron chi connectivity index (χ2n) is 13.8. The molecule has 0 radical (unpaired) electrons. The van der Waals surface area contributed by atoms with Crippen LogP contribution in [-0.4, -0.2) is 100 Å². The average Bonchev–Trinajstić information content (AvgIpc) is 3.29. The molecule has 0 bridgehead atoms. The van der Waals surface area contributed by atoms with Gasteiger partial charge >= 0.3 is 0 Å². The van der Waals surface area contributed by atoms with Crippen LogP contribution < -0.4 is 41.7 Å². The minimum Gasteiger partial charge on any atom is -0.338 e.